The van der Waals surface area contributed by atoms with Crippen LogP contribution >= 0.6 is 11.8 Å². The van der Waals surface area contributed by atoms with Crippen molar-refractivity contribution in [2.24, 2.45) is 5.73 Å². The number of nitrogens with zero attached hydrogens (tertiary/aromatic N) is 2. The fourth-order valence-corrected chi connectivity index (χ4v) is 2.37. The molecule has 0 radical (unpaired) electrons. The van der Waals surface area contributed by atoms with Crippen LogP contribution in [0.15, 0.2) is 24.4 Å². The number of hydrogen-bond donors (Lipinski definition) is 1. The largest absolute Gasteiger partial charge is 0.429 e. The highest BCUT2D eigenvalue weighted by molar-refractivity contribution is 8.00. The molecule has 1 fully saturated rings. The maximum absolute atomic E-state index is 11.4. The quantitative estimate of drug-likeness (QED) is 0.819. The molecule has 7 heteroatoms. The van der Waals surface area contributed by atoms with Gasteiger partial charge >= 0.3 is 6.09 Å². The van der Waals surface area contributed by atoms with Gasteiger partial charge in [0.05, 0.1) is 11.4 Å². The average molecular weight is 239 g/mol. The van der Waals surface area contributed by atoms with Crippen molar-refractivity contribution in [2.75, 3.05) is 5.75 Å². The summed E-state index contributed by atoms with van der Waals surface area (Å²) in [5, 5.41) is 0.552. The summed E-state index contributed by atoms with van der Waals surface area (Å²) in [5.41, 5.74) is 5.54. The van der Waals surface area contributed by atoms with Gasteiger partial charge in [0.25, 0.3) is 5.91 Å². The highest BCUT2D eigenvalue weighted by Crippen LogP contribution is 2.37. The summed E-state index contributed by atoms with van der Waals surface area (Å²) in [6, 6.07) is 5.33. The summed E-state index contributed by atoms with van der Waals surface area (Å²) < 4.78 is 0. The highest BCUT2D eigenvalue weighted by atomic mass is 32.2. The van der Waals surface area contributed by atoms with Crippen LogP contribution in [0, 0.1) is 0 Å². The second-order valence-electron chi connectivity index (χ2n) is 3.05. The number of hydrogen-bond acceptors (Lipinski definition) is 5. The molecule has 0 spiro atoms. The SMILES string of the molecule is NC(=O)ON1C(=O)CSC1c1ccccn1. The van der Waals surface area contributed by atoms with Crippen molar-refractivity contribution in [3.8, 4) is 0 Å². The van der Waals surface area contributed by atoms with Gasteiger partial charge in [-0.2, -0.15) is 0 Å². The zero-order chi connectivity index (χ0) is 11.5. The molecular formula is C9H9N3O3S. The van der Waals surface area contributed by atoms with Gasteiger partial charge in [0.2, 0.25) is 0 Å². The Balaban J connectivity index is 2.21. The fraction of sp³-hybridized carbons (Fsp3) is 0.222. The van der Waals surface area contributed by atoms with Crippen molar-refractivity contribution in [2.45, 2.75) is 5.37 Å². The molecule has 0 saturated carbocycles. The normalized spacial score (nSPS) is 19.9. The molecule has 2 heterocycles. The molecular weight excluding hydrogens is 230 g/mol. The summed E-state index contributed by atoms with van der Waals surface area (Å²) in [5.74, 6) is -0.0476. The van der Waals surface area contributed by atoms with Crippen molar-refractivity contribution in [1.29, 1.82) is 0 Å². The second-order valence-corrected chi connectivity index (χ2v) is 4.12. The van der Waals surface area contributed by atoms with Crippen LogP contribution in [-0.4, -0.2) is 27.8 Å². The van der Waals surface area contributed by atoms with Gasteiger partial charge in [-0.1, -0.05) is 6.07 Å². The molecule has 6 nitrogen and oxygen atoms in total. The summed E-state index contributed by atoms with van der Waals surface area (Å²) in [6.45, 7) is 0. The molecule has 1 unspecified atom stereocenters. The minimum Gasteiger partial charge on any atom is -0.333 e. The third-order valence-electron chi connectivity index (χ3n) is 1.95. The van der Waals surface area contributed by atoms with E-state index in [1.165, 1.54) is 11.8 Å². The standard InChI is InChI=1S/C9H9N3O3S/c10-9(14)15-12-7(13)5-16-8(12)6-3-1-2-4-11-6/h1-4,8H,5H2,(H2,10,14). The fourth-order valence-electron chi connectivity index (χ4n) is 1.34. The van der Waals surface area contributed by atoms with Crippen molar-refractivity contribution in [1.82, 2.24) is 10.0 Å². The van der Waals surface area contributed by atoms with E-state index in [4.69, 9.17) is 5.73 Å². The van der Waals surface area contributed by atoms with Gasteiger partial charge in [-0.15, -0.1) is 16.8 Å². The molecule has 84 valence electrons. The predicted molar refractivity (Wildman–Crippen MR) is 57.0 cm³/mol. The van der Waals surface area contributed by atoms with Crippen molar-refractivity contribution >= 4 is 23.8 Å². The van der Waals surface area contributed by atoms with Crippen molar-refractivity contribution < 1.29 is 14.4 Å². The first-order chi connectivity index (χ1) is 7.68. The lowest BCUT2D eigenvalue weighted by Crippen LogP contribution is -2.33. The lowest BCUT2D eigenvalue weighted by molar-refractivity contribution is -0.162. The smallest absolute Gasteiger partial charge is 0.333 e. The molecule has 1 aliphatic heterocycles. The van der Waals surface area contributed by atoms with Crippen LogP contribution in [0.5, 0.6) is 0 Å². The Morgan fingerprint density at radius 3 is 3.06 bits per heavy atom. The van der Waals surface area contributed by atoms with E-state index in [-0.39, 0.29) is 11.7 Å². The van der Waals surface area contributed by atoms with Crippen LogP contribution < -0.4 is 5.73 Å². The van der Waals surface area contributed by atoms with Crippen molar-refractivity contribution in [3.05, 3.63) is 30.1 Å². The number of carbonyl (C=O) groups is 2. The number of aromatic nitrogens is 1. The van der Waals surface area contributed by atoms with Crippen LogP contribution in [0.25, 0.3) is 0 Å². The first kappa shape index (κ1) is 10.7. The van der Waals surface area contributed by atoms with Crippen LogP contribution in [0.4, 0.5) is 4.79 Å². The van der Waals surface area contributed by atoms with Gasteiger partial charge in [-0.05, 0) is 12.1 Å². The van der Waals surface area contributed by atoms with Crippen LogP contribution in [0.3, 0.4) is 0 Å². The second kappa shape index (κ2) is 4.40. The van der Waals surface area contributed by atoms with Gasteiger partial charge in [-0.3, -0.25) is 9.78 Å². The Bertz CT molecular complexity index is 412. The molecule has 1 aliphatic rings. The summed E-state index contributed by atoms with van der Waals surface area (Å²) in [7, 11) is 0. The molecule has 2 amide bonds. The monoisotopic (exact) mass is 239 g/mol. The number of primary amides is 1. The van der Waals surface area contributed by atoms with Crippen LogP contribution in [0.2, 0.25) is 0 Å². The molecule has 1 aromatic heterocycles. The minimum absolute atomic E-state index is 0.245. The first-order valence-corrected chi connectivity index (χ1v) is 5.55. The number of carbonyl (C=O) groups excluding carboxylic acids is 2. The van der Waals surface area contributed by atoms with E-state index in [1.807, 2.05) is 0 Å². The van der Waals surface area contributed by atoms with Gasteiger partial charge in [0.1, 0.15) is 0 Å². The predicted octanol–water partition coefficient (Wildman–Crippen LogP) is 0.666. The third-order valence-corrected chi connectivity index (χ3v) is 3.11. The molecule has 0 aliphatic carbocycles. The number of hydroxylamine groups is 2. The van der Waals surface area contributed by atoms with Gasteiger partial charge in [0.15, 0.2) is 5.37 Å². The maximum atomic E-state index is 11.4. The molecule has 1 saturated heterocycles. The minimum atomic E-state index is -1.00. The number of pyridine rings is 1. The topological polar surface area (TPSA) is 85.5 Å². The van der Waals surface area contributed by atoms with Gasteiger partial charge < -0.3 is 10.6 Å². The average Bonchev–Trinajstić information content (AvgIpc) is 2.61. The van der Waals surface area contributed by atoms with Gasteiger partial charge in [-0.25, -0.2) is 4.79 Å². The molecule has 1 atom stereocenters. The van der Waals surface area contributed by atoms with E-state index in [2.05, 4.69) is 9.82 Å². The lowest BCUT2D eigenvalue weighted by Gasteiger charge is -2.20. The van der Waals surface area contributed by atoms with E-state index in [0.29, 0.717) is 5.69 Å². The molecule has 2 N–H and O–H groups in total. The first-order valence-electron chi connectivity index (χ1n) is 4.50. The summed E-state index contributed by atoms with van der Waals surface area (Å²) in [6.07, 6.45) is 0.609. The van der Waals surface area contributed by atoms with E-state index >= 15 is 0 Å². The van der Waals surface area contributed by atoms with Crippen LogP contribution in [0.1, 0.15) is 11.1 Å². The van der Waals surface area contributed by atoms with E-state index in [0.717, 1.165) is 5.06 Å². The lowest BCUT2D eigenvalue weighted by atomic mass is 10.3. The van der Waals surface area contributed by atoms with Crippen LogP contribution in [-0.2, 0) is 9.63 Å². The summed E-state index contributed by atoms with van der Waals surface area (Å²) in [4.78, 5) is 30.9. The van der Waals surface area contributed by atoms with Gasteiger partial charge in [0, 0.05) is 6.20 Å². The Morgan fingerprint density at radius 1 is 1.62 bits per heavy atom. The number of rotatable bonds is 2. The molecule has 2 rings (SSSR count). The maximum Gasteiger partial charge on any atom is 0.429 e. The molecule has 1 aromatic rings. The van der Waals surface area contributed by atoms with Crippen molar-refractivity contribution in [3.63, 3.8) is 0 Å². The molecule has 0 aromatic carbocycles. The highest BCUT2D eigenvalue weighted by Gasteiger charge is 2.36. The Labute approximate surface area is 95.7 Å². The third kappa shape index (κ3) is 2.08. The zero-order valence-electron chi connectivity index (χ0n) is 8.20. The number of amides is 2. The Hall–Kier alpha value is -1.76. The number of nitrogens with two attached hydrogens (primary N) is 1. The Kier molecular flexibility index (Phi) is 2.95. The van der Waals surface area contributed by atoms with E-state index in [9.17, 15) is 9.59 Å². The summed E-state index contributed by atoms with van der Waals surface area (Å²) >= 11 is 1.33. The molecule has 16 heavy (non-hydrogen) atoms. The van der Waals surface area contributed by atoms with E-state index < -0.39 is 11.5 Å². The zero-order valence-corrected chi connectivity index (χ0v) is 9.02. The molecule has 0 bridgehead atoms. The number of thioether (sulfide) groups is 1. The van der Waals surface area contributed by atoms with E-state index in [1.54, 1.807) is 24.4 Å². The Morgan fingerprint density at radius 2 is 2.44 bits per heavy atom.